The molecule has 2 fully saturated rings. The highest BCUT2D eigenvalue weighted by Gasteiger charge is 2.59. The molecule has 0 bridgehead atoms. The van der Waals surface area contributed by atoms with Crippen LogP contribution >= 0.6 is 0 Å². The average Bonchev–Trinajstić information content (AvgIpc) is 3.46. The molecule has 5 rings (SSSR count). The summed E-state index contributed by atoms with van der Waals surface area (Å²) < 4.78 is 51.1. The third-order valence-corrected chi connectivity index (χ3v) is 8.72. The van der Waals surface area contributed by atoms with Crippen LogP contribution in [0.2, 0.25) is 0 Å². The van der Waals surface area contributed by atoms with E-state index < -0.39 is 65.5 Å². The normalized spacial score (nSPS) is 19.5. The van der Waals surface area contributed by atoms with Crippen LogP contribution in [0.25, 0.3) is 6.08 Å². The molecule has 0 radical (unpaired) electrons. The van der Waals surface area contributed by atoms with Crippen LogP contribution in [0.15, 0.2) is 85.4 Å². The van der Waals surface area contributed by atoms with Crippen LogP contribution in [0, 0.1) is 0 Å². The second-order valence-electron chi connectivity index (χ2n) is 13.4. The number of nitrogens with one attached hydrogen (secondary N) is 2. The molecule has 2 saturated heterocycles. The third kappa shape index (κ3) is 8.53. The summed E-state index contributed by atoms with van der Waals surface area (Å²) in [4.78, 5) is 57.1. The number of hydrogen-bond acceptors (Lipinski definition) is 6. The van der Waals surface area contributed by atoms with E-state index in [1.807, 2.05) is 30.3 Å². The van der Waals surface area contributed by atoms with E-state index in [4.69, 9.17) is 9.47 Å². The smallest absolute Gasteiger partial charge is 0.416 e. The molecular formula is C38H41F3N4O6. The molecule has 0 aromatic heterocycles. The van der Waals surface area contributed by atoms with Crippen LogP contribution in [0.5, 0.6) is 0 Å². The highest BCUT2D eigenvalue weighted by molar-refractivity contribution is 5.97. The Morgan fingerprint density at radius 3 is 2.39 bits per heavy atom. The standard InChI is InChI=1S/C38H41F3N4O6/c1-5-25-14-9-10-18-28(25)31-33(45-30(23-50-36(45)49)26-15-7-6-8-16-26)44(34(31)47)29(19-12-20-42-35(48)51-37(2,3)4)32(46)43-22-24-13-11-17-27(21-24)38(39,40)41/h5-11,13-18,21,29-31,33H,1,12,19-20,22-23H2,2-4H3,(H,42,48)(H,43,46)/t29-,30+,31-,33+/m0/s1. The number of benzene rings is 3. The molecule has 3 aromatic carbocycles. The Kier molecular flexibility index (Phi) is 11.1. The molecule has 4 atom stereocenters. The number of amides is 4. The summed E-state index contributed by atoms with van der Waals surface area (Å²) in [6.45, 7) is 8.93. The number of cyclic esters (lactones) is 1. The van der Waals surface area contributed by atoms with Crippen molar-refractivity contribution < 1.29 is 41.8 Å². The number of hydrogen-bond donors (Lipinski definition) is 2. The van der Waals surface area contributed by atoms with Gasteiger partial charge in [-0.05, 0) is 68.0 Å². The Bertz CT molecular complexity index is 1760. The van der Waals surface area contributed by atoms with Gasteiger partial charge in [-0.3, -0.25) is 14.5 Å². The fourth-order valence-corrected chi connectivity index (χ4v) is 6.42. The summed E-state index contributed by atoms with van der Waals surface area (Å²) in [5, 5.41) is 5.36. The van der Waals surface area contributed by atoms with E-state index >= 15 is 0 Å². The van der Waals surface area contributed by atoms with Gasteiger partial charge in [0.2, 0.25) is 11.8 Å². The number of carbonyl (C=O) groups excluding carboxylic acids is 4. The van der Waals surface area contributed by atoms with Crippen LogP contribution < -0.4 is 10.6 Å². The summed E-state index contributed by atoms with van der Waals surface area (Å²) in [7, 11) is 0. The van der Waals surface area contributed by atoms with E-state index in [1.54, 1.807) is 51.1 Å². The van der Waals surface area contributed by atoms with Crippen molar-refractivity contribution in [1.82, 2.24) is 20.4 Å². The molecule has 13 heteroatoms. The highest BCUT2D eigenvalue weighted by Crippen LogP contribution is 2.46. The molecular weight excluding hydrogens is 665 g/mol. The first-order valence-electron chi connectivity index (χ1n) is 16.6. The summed E-state index contributed by atoms with van der Waals surface area (Å²) in [6, 6.07) is 19.2. The van der Waals surface area contributed by atoms with Crippen LogP contribution in [0.3, 0.4) is 0 Å². The molecule has 0 saturated carbocycles. The number of carbonyl (C=O) groups is 4. The first-order chi connectivity index (χ1) is 24.2. The number of alkyl halides is 3. The molecule has 2 heterocycles. The Hall–Kier alpha value is -5.33. The van der Waals surface area contributed by atoms with Crippen molar-refractivity contribution in [3.8, 4) is 0 Å². The van der Waals surface area contributed by atoms with E-state index in [1.165, 1.54) is 21.9 Å². The first-order valence-corrected chi connectivity index (χ1v) is 16.6. The van der Waals surface area contributed by atoms with Crippen molar-refractivity contribution in [3.05, 3.63) is 113 Å². The van der Waals surface area contributed by atoms with E-state index in [2.05, 4.69) is 17.2 Å². The predicted molar refractivity (Wildman–Crippen MR) is 183 cm³/mol. The van der Waals surface area contributed by atoms with Gasteiger partial charge in [-0.1, -0.05) is 79.4 Å². The lowest BCUT2D eigenvalue weighted by atomic mass is 9.80. The van der Waals surface area contributed by atoms with Crippen LogP contribution in [0.4, 0.5) is 22.8 Å². The SMILES string of the molecule is C=Cc1ccccc1[C@@H]1C(=O)N([C@@H](CCCNC(=O)OC(C)(C)C)C(=O)NCc2cccc(C(F)(F)F)c2)[C@@H]1N1C(=O)OC[C@@H]1c1ccccc1. The molecule has 0 aliphatic carbocycles. The van der Waals surface area contributed by atoms with Crippen molar-refractivity contribution >= 4 is 30.1 Å². The molecule has 0 spiro atoms. The quantitative estimate of drug-likeness (QED) is 0.158. The number of β-lactam (4-membered cyclic amide) rings is 1. The minimum Gasteiger partial charge on any atom is -0.447 e. The molecule has 0 unspecified atom stereocenters. The second kappa shape index (κ2) is 15.3. The lowest BCUT2D eigenvalue weighted by molar-refractivity contribution is -0.169. The monoisotopic (exact) mass is 706 g/mol. The lowest BCUT2D eigenvalue weighted by Gasteiger charge is -2.54. The molecule has 10 nitrogen and oxygen atoms in total. The van der Waals surface area contributed by atoms with Crippen molar-refractivity contribution in [2.45, 2.75) is 76.1 Å². The maximum Gasteiger partial charge on any atom is 0.416 e. The van der Waals surface area contributed by atoms with E-state index in [-0.39, 0.29) is 38.1 Å². The summed E-state index contributed by atoms with van der Waals surface area (Å²) in [6.07, 6.45) is -4.99. The third-order valence-electron chi connectivity index (χ3n) is 8.72. The Morgan fingerprint density at radius 1 is 1.00 bits per heavy atom. The molecule has 51 heavy (non-hydrogen) atoms. The van der Waals surface area contributed by atoms with Gasteiger partial charge in [0.25, 0.3) is 0 Å². The lowest BCUT2D eigenvalue weighted by Crippen LogP contribution is -2.71. The van der Waals surface area contributed by atoms with Gasteiger partial charge in [0.15, 0.2) is 0 Å². The van der Waals surface area contributed by atoms with Gasteiger partial charge in [-0.25, -0.2) is 9.59 Å². The summed E-state index contributed by atoms with van der Waals surface area (Å²) >= 11 is 0. The zero-order valence-corrected chi connectivity index (χ0v) is 28.6. The van der Waals surface area contributed by atoms with E-state index in [0.29, 0.717) is 11.1 Å². The Labute approximate surface area is 294 Å². The van der Waals surface area contributed by atoms with Crippen molar-refractivity contribution in [3.63, 3.8) is 0 Å². The Balaban J connectivity index is 1.48. The van der Waals surface area contributed by atoms with E-state index in [9.17, 15) is 32.3 Å². The van der Waals surface area contributed by atoms with Crippen molar-refractivity contribution in [2.75, 3.05) is 13.2 Å². The number of nitrogens with zero attached hydrogens (tertiary/aromatic N) is 2. The topological polar surface area (TPSA) is 117 Å². The minimum atomic E-state index is -4.57. The zero-order valence-electron chi connectivity index (χ0n) is 28.6. The maximum atomic E-state index is 14.3. The van der Waals surface area contributed by atoms with Gasteiger partial charge in [-0.2, -0.15) is 13.2 Å². The summed E-state index contributed by atoms with van der Waals surface area (Å²) in [5.41, 5.74) is 0.672. The fourth-order valence-electron chi connectivity index (χ4n) is 6.42. The van der Waals surface area contributed by atoms with Gasteiger partial charge in [0.1, 0.15) is 30.3 Å². The average molecular weight is 707 g/mol. The highest BCUT2D eigenvalue weighted by atomic mass is 19.4. The van der Waals surface area contributed by atoms with E-state index in [0.717, 1.165) is 17.7 Å². The molecule has 2 N–H and O–H groups in total. The van der Waals surface area contributed by atoms with Crippen LogP contribution in [-0.4, -0.2) is 64.8 Å². The van der Waals surface area contributed by atoms with Crippen molar-refractivity contribution in [1.29, 1.82) is 0 Å². The Morgan fingerprint density at radius 2 is 1.71 bits per heavy atom. The number of halogens is 3. The maximum absolute atomic E-state index is 14.3. The molecule has 3 aromatic rings. The summed E-state index contributed by atoms with van der Waals surface area (Å²) in [5.74, 6) is -1.95. The largest absolute Gasteiger partial charge is 0.447 e. The minimum absolute atomic E-state index is 0.0173. The number of alkyl carbamates (subject to hydrolysis) is 1. The van der Waals surface area contributed by atoms with Crippen LogP contribution in [-0.2, 0) is 31.8 Å². The molecule has 270 valence electrons. The number of rotatable bonds is 12. The van der Waals surface area contributed by atoms with Gasteiger partial charge in [-0.15, -0.1) is 0 Å². The molecule has 2 aliphatic rings. The van der Waals surface area contributed by atoms with Gasteiger partial charge >= 0.3 is 18.4 Å². The van der Waals surface area contributed by atoms with Gasteiger partial charge in [0.05, 0.1) is 11.6 Å². The number of ether oxygens (including phenoxy) is 2. The molecule has 2 aliphatic heterocycles. The van der Waals surface area contributed by atoms with Gasteiger partial charge in [0, 0.05) is 13.1 Å². The molecule has 4 amide bonds. The van der Waals surface area contributed by atoms with Crippen molar-refractivity contribution in [2.24, 2.45) is 0 Å². The second-order valence-corrected chi connectivity index (χ2v) is 13.4. The number of likely N-dealkylation sites (tertiary alicyclic amines) is 1. The zero-order chi connectivity index (χ0) is 36.9. The first kappa shape index (κ1) is 36.9. The predicted octanol–water partition coefficient (Wildman–Crippen LogP) is 6.78. The fraction of sp³-hybridized carbons (Fsp3) is 0.368. The van der Waals surface area contributed by atoms with Crippen LogP contribution in [0.1, 0.15) is 73.4 Å². The van der Waals surface area contributed by atoms with Gasteiger partial charge < -0.3 is 25.0 Å².